The highest BCUT2D eigenvalue weighted by Crippen LogP contribution is 2.23. The number of aryl methyl sites for hydroxylation is 1. The lowest BCUT2D eigenvalue weighted by molar-refractivity contribution is -0.114. The van der Waals surface area contributed by atoms with Gasteiger partial charge in [0.2, 0.25) is 5.91 Å². The number of nitrogens with one attached hydrogen (secondary N) is 2. The van der Waals surface area contributed by atoms with Crippen molar-refractivity contribution < 1.29 is 14.7 Å². The second kappa shape index (κ2) is 9.16. The van der Waals surface area contributed by atoms with Gasteiger partial charge in [0, 0.05) is 31.1 Å². The number of aromatic hydroxyl groups is 1. The number of phenols is 1. The van der Waals surface area contributed by atoms with Crippen LogP contribution in [0.5, 0.6) is 5.75 Å². The normalized spacial score (nSPS) is 15.4. The molecule has 7 nitrogen and oxygen atoms in total. The second-order valence-electron chi connectivity index (χ2n) is 7.20. The van der Waals surface area contributed by atoms with Crippen LogP contribution in [0.2, 0.25) is 0 Å². The van der Waals surface area contributed by atoms with Crippen LogP contribution in [-0.2, 0) is 11.3 Å². The van der Waals surface area contributed by atoms with E-state index in [1.54, 1.807) is 17.4 Å². The first-order chi connectivity index (χ1) is 13.4. The maximum absolute atomic E-state index is 12.5. The van der Waals surface area contributed by atoms with E-state index in [4.69, 9.17) is 0 Å². The molecule has 0 bridgehead atoms. The van der Waals surface area contributed by atoms with Crippen LogP contribution < -0.4 is 10.6 Å². The van der Waals surface area contributed by atoms with Crippen LogP contribution in [0.3, 0.4) is 0 Å². The van der Waals surface area contributed by atoms with Crippen molar-refractivity contribution in [3.8, 4) is 5.75 Å². The van der Waals surface area contributed by atoms with Gasteiger partial charge >= 0.3 is 0 Å². The van der Waals surface area contributed by atoms with E-state index in [9.17, 15) is 14.7 Å². The maximum Gasteiger partial charge on any atom is 0.255 e. The average Bonchev–Trinajstić information content (AvgIpc) is 3.07. The Kier molecular flexibility index (Phi) is 6.64. The van der Waals surface area contributed by atoms with Crippen LogP contribution in [0.15, 0.2) is 23.6 Å². The summed E-state index contributed by atoms with van der Waals surface area (Å²) in [6, 6.07) is 4.47. The molecule has 1 aromatic carbocycles. The summed E-state index contributed by atoms with van der Waals surface area (Å²) in [7, 11) is 0. The number of benzene rings is 1. The van der Waals surface area contributed by atoms with Crippen LogP contribution in [-0.4, -0.2) is 46.4 Å². The molecule has 0 radical (unpaired) electrons. The van der Waals surface area contributed by atoms with E-state index in [0.29, 0.717) is 18.2 Å². The van der Waals surface area contributed by atoms with E-state index in [2.05, 4.69) is 25.9 Å². The molecule has 3 N–H and O–H groups in total. The molecule has 1 saturated heterocycles. The van der Waals surface area contributed by atoms with E-state index in [1.807, 2.05) is 6.92 Å². The molecule has 1 fully saturated rings. The predicted octanol–water partition coefficient (Wildman–Crippen LogP) is 2.76. The van der Waals surface area contributed by atoms with Gasteiger partial charge in [0.05, 0.1) is 16.3 Å². The number of hydrogen-bond donors (Lipinski definition) is 3. The van der Waals surface area contributed by atoms with Crippen LogP contribution >= 0.6 is 11.3 Å². The minimum Gasteiger partial charge on any atom is -0.507 e. The predicted molar refractivity (Wildman–Crippen MR) is 110 cm³/mol. The first-order valence-corrected chi connectivity index (χ1v) is 10.3. The molecule has 0 saturated carbocycles. The molecule has 0 spiro atoms. The van der Waals surface area contributed by atoms with E-state index in [-0.39, 0.29) is 23.1 Å². The van der Waals surface area contributed by atoms with Gasteiger partial charge in [0.25, 0.3) is 5.91 Å². The molecule has 2 heterocycles. The molecular formula is C20H26N4O3S. The summed E-state index contributed by atoms with van der Waals surface area (Å²) in [5.74, 6) is -0.236. The zero-order valence-electron chi connectivity index (χ0n) is 16.2. The smallest absolute Gasteiger partial charge is 0.255 e. The Morgan fingerprint density at radius 1 is 1.32 bits per heavy atom. The van der Waals surface area contributed by atoms with E-state index in [1.165, 1.54) is 19.1 Å². The van der Waals surface area contributed by atoms with Crippen molar-refractivity contribution in [3.63, 3.8) is 0 Å². The molecule has 150 valence electrons. The Hall–Kier alpha value is -2.45. The van der Waals surface area contributed by atoms with Crippen molar-refractivity contribution >= 4 is 28.8 Å². The Balaban J connectivity index is 1.47. The molecule has 3 rings (SSSR count). The lowest BCUT2D eigenvalue weighted by Gasteiger charge is -2.31. The summed E-state index contributed by atoms with van der Waals surface area (Å²) >= 11 is 1.68. The second-order valence-corrected chi connectivity index (χ2v) is 8.26. The number of thiazole rings is 1. The van der Waals surface area contributed by atoms with Crippen molar-refractivity contribution in [2.24, 2.45) is 5.92 Å². The molecule has 1 aromatic heterocycles. The minimum absolute atomic E-state index is 0.0972. The van der Waals surface area contributed by atoms with Gasteiger partial charge in [-0.2, -0.15) is 0 Å². The molecule has 0 aliphatic carbocycles. The first kappa shape index (κ1) is 20.3. The number of amides is 2. The Morgan fingerprint density at radius 2 is 2.07 bits per heavy atom. The topological polar surface area (TPSA) is 94.6 Å². The van der Waals surface area contributed by atoms with Crippen molar-refractivity contribution in [1.29, 1.82) is 0 Å². The summed E-state index contributed by atoms with van der Waals surface area (Å²) < 4.78 is 0. The number of nitrogens with zero attached hydrogens (tertiary/aromatic N) is 2. The molecule has 0 atom stereocenters. The van der Waals surface area contributed by atoms with E-state index in [0.717, 1.165) is 43.2 Å². The first-order valence-electron chi connectivity index (χ1n) is 9.43. The zero-order chi connectivity index (χ0) is 20.1. The number of aromatic nitrogens is 1. The van der Waals surface area contributed by atoms with Crippen LogP contribution in [0.4, 0.5) is 5.69 Å². The van der Waals surface area contributed by atoms with Crippen molar-refractivity contribution in [1.82, 2.24) is 15.2 Å². The fourth-order valence-electron chi connectivity index (χ4n) is 3.39. The quantitative estimate of drug-likeness (QED) is 0.646. The molecular weight excluding hydrogens is 376 g/mol. The number of carbonyl (C=O) groups is 2. The number of phenolic OH excluding ortho intramolecular Hbond substituents is 1. The maximum atomic E-state index is 12.5. The third kappa shape index (κ3) is 5.53. The number of carbonyl (C=O) groups excluding carboxylic acids is 2. The lowest BCUT2D eigenvalue weighted by Crippen LogP contribution is -2.38. The number of anilines is 1. The minimum atomic E-state index is -0.329. The van der Waals surface area contributed by atoms with Gasteiger partial charge < -0.3 is 15.7 Å². The molecule has 2 aromatic rings. The summed E-state index contributed by atoms with van der Waals surface area (Å²) in [4.78, 5) is 30.5. The molecule has 28 heavy (non-hydrogen) atoms. The molecule has 2 amide bonds. The fraction of sp³-hybridized carbons (Fsp3) is 0.450. The zero-order valence-corrected chi connectivity index (χ0v) is 17.0. The highest BCUT2D eigenvalue weighted by atomic mass is 32.1. The molecule has 1 aliphatic heterocycles. The molecule has 8 heteroatoms. The summed E-state index contributed by atoms with van der Waals surface area (Å²) in [5, 5.41) is 18.7. The SMILES string of the molecule is CC(=O)Nc1ccc(O)c(C(=O)NCC2CCN(Cc3csc(C)n3)CC2)c1. The Bertz CT molecular complexity index is 844. The van der Waals surface area contributed by atoms with Gasteiger partial charge in [-0.05, 0) is 57.0 Å². The van der Waals surface area contributed by atoms with Gasteiger partial charge in [-0.25, -0.2) is 4.98 Å². The summed E-state index contributed by atoms with van der Waals surface area (Å²) in [5.41, 5.74) is 1.78. The van der Waals surface area contributed by atoms with Crippen molar-refractivity contribution in [3.05, 3.63) is 39.8 Å². The summed E-state index contributed by atoms with van der Waals surface area (Å²) in [6.07, 6.45) is 2.03. The van der Waals surface area contributed by atoms with Crippen LogP contribution in [0.1, 0.15) is 40.8 Å². The monoisotopic (exact) mass is 402 g/mol. The number of likely N-dealkylation sites (tertiary alicyclic amines) is 1. The largest absolute Gasteiger partial charge is 0.507 e. The lowest BCUT2D eigenvalue weighted by atomic mass is 9.96. The van der Waals surface area contributed by atoms with Crippen molar-refractivity contribution in [2.45, 2.75) is 33.2 Å². The van der Waals surface area contributed by atoms with Gasteiger partial charge in [0.15, 0.2) is 0 Å². The van der Waals surface area contributed by atoms with Crippen LogP contribution in [0, 0.1) is 12.8 Å². The van der Waals surface area contributed by atoms with Gasteiger partial charge in [0.1, 0.15) is 5.75 Å². The van der Waals surface area contributed by atoms with Gasteiger partial charge in [-0.15, -0.1) is 11.3 Å². The van der Waals surface area contributed by atoms with E-state index >= 15 is 0 Å². The number of hydrogen-bond acceptors (Lipinski definition) is 6. The highest BCUT2D eigenvalue weighted by Gasteiger charge is 2.21. The number of rotatable bonds is 6. The third-order valence-electron chi connectivity index (χ3n) is 4.87. The highest BCUT2D eigenvalue weighted by molar-refractivity contribution is 7.09. The third-order valence-corrected chi connectivity index (χ3v) is 5.69. The Labute approximate surface area is 168 Å². The van der Waals surface area contributed by atoms with Gasteiger partial charge in [-0.1, -0.05) is 0 Å². The van der Waals surface area contributed by atoms with Crippen LogP contribution in [0.25, 0.3) is 0 Å². The van der Waals surface area contributed by atoms with Crippen molar-refractivity contribution in [2.75, 3.05) is 25.0 Å². The van der Waals surface area contributed by atoms with Gasteiger partial charge in [-0.3, -0.25) is 14.5 Å². The average molecular weight is 403 g/mol. The number of piperidine rings is 1. The molecule has 1 aliphatic rings. The summed E-state index contributed by atoms with van der Waals surface area (Å²) in [6.45, 7) is 6.85. The molecule has 0 unspecified atom stereocenters. The standard InChI is InChI=1S/C20H26N4O3S/c1-13(25)22-16-3-4-19(26)18(9-16)20(27)21-10-15-5-7-24(8-6-15)11-17-12-28-14(2)23-17/h3-4,9,12,15,26H,5-8,10-11H2,1-2H3,(H,21,27)(H,22,25). The fourth-order valence-corrected chi connectivity index (χ4v) is 3.99. The Morgan fingerprint density at radius 3 is 2.71 bits per heavy atom. The van der Waals surface area contributed by atoms with E-state index < -0.39 is 0 Å².